The van der Waals surface area contributed by atoms with Gasteiger partial charge < -0.3 is 14.9 Å². The molecule has 0 fully saturated rings. The van der Waals surface area contributed by atoms with Gasteiger partial charge in [0.1, 0.15) is 0 Å². The van der Waals surface area contributed by atoms with Gasteiger partial charge in [-0.15, -0.1) is 0 Å². The van der Waals surface area contributed by atoms with Crippen molar-refractivity contribution in [2.45, 2.75) is 13.8 Å². The number of phenols is 1. The standard InChI is InChI=1S/C8H8O4.C4H7NO2/c1-12-7-4-5(8(10)11)2-3-6(7)9;1-3(6)5-4(2)7/h2-4,9H,1H3,(H,10,11);1-2H3,(H,5,6,7). The minimum Gasteiger partial charge on any atom is -0.504 e. The maximum absolute atomic E-state index is 10.4. The number of imide groups is 1. The number of aromatic hydroxyl groups is 1. The fourth-order valence-electron chi connectivity index (χ4n) is 1.06. The van der Waals surface area contributed by atoms with Crippen molar-refractivity contribution in [1.29, 1.82) is 0 Å². The second-order valence-corrected chi connectivity index (χ2v) is 3.43. The first-order valence-corrected chi connectivity index (χ1v) is 5.16. The number of hydrogen-bond acceptors (Lipinski definition) is 5. The fourth-order valence-corrected chi connectivity index (χ4v) is 1.06. The Morgan fingerprint density at radius 2 is 1.68 bits per heavy atom. The second kappa shape index (κ2) is 7.70. The van der Waals surface area contributed by atoms with E-state index in [0.717, 1.165) is 0 Å². The van der Waals surface area contributed by atoms with Crippen molar-refractivity contribution in [1.82, 2.24) is 5.32 Å². The Morgan fingerprint density at radius 1 is 1.16 bits per heavy atom. The number of carboxylic acid groups (broad SMARTS) is 1. The van der Waals surface area contributed by atoms with Crippen molar-refractivity contribution in [3.05, 3.63) is 23.8 Å². The monoisotopic (exact) mass is 269 g/mol. The molecule has 104 valence electrons. The molecule has 1 aromatic rings. The van der Waals surface area contributed by atoms with E-state index in [1.165, 1.54) is 39.2 Å². The number of ether oxygens (including phenoxy) is 1. The number of hydrogen-bond donors (Lipinski definition) is 3. The molecule has 0 aliphatic carbocycles. The van der Waals surface area contributed by atoms with Gasteiger partial charge in [0.2, 0.25) is 11.8 Å². The minimum atomic E-state index is -1.05. The molecule has 2 amide bonds. The molecule has 0 saturated heterocycles. The van der Waals surface area contributed by atoms with Crippen LogP contribution in [0.5, 0.6) is 11.5 Å². The third kappa shape index (κ3) is 6.67. The van der Waals surface area contributed by atoms with E-state index in [2.05, 4.69) is 0 Å². The summed E-state index contributed by atoms with van der Waals surface area (Å²) in [6.07, 6.45) is 0. The van der Waals surface area contributed by atoms with Crippen LogP contribution >= 0.6 is 0 Å². The first-order valence-electron chi connectivity index (χ1n) is 5.16. The molecule has 0 aliphatic rings. The van der Waals surface area contributed by atoms with Gasteiger partial charge in [-0.1, -0.05) is 0 Å². The summed E-state index contributed by atoms with van der Waals surface area (Å²) >= 11 is 0. The van der Waals surface area contributed by atoms with E-state index in [1.54, 1.807) is 0 Å². The number of benzene rings is 1. The highest BCUT2D eigenvalue weighted by Crippen LogP contribution is 2.25. The van der Waals surface area contributed by atoms with Crippen molar-refractivity contribution in [2.75, 3.05) is 7.11 Å². The van der Waals surface area contributed by atoms with Crippen LogP contribution in [-0.2, 0) is 9.59 Å². The number of methoxy groups -OCH3 is 1. The number of amides is 2. The van der Waals surface area contributed by atoms with E-state index < -0.39 is 5.97 Å². The smallest absolute Gasteiger partial charge is 0.335 e. The molecule has 0 heterocycles. The molecule has 0 aliphatic heterocycles. The summed E-state index contributed by atoms with van der Waals surface area (Å²) in [5, 5.41) is 19.7. The molecule has 0 atom stereocenters. The van der Waals surface area contributed by atoms with E-state index in [0.29, 0.717) is 0 Å². The lowest BCUT2D eigenvalue weighted by molar-refractivity contribution is -0.127. The molecule has 0 saturated carbocycles. The summed E-state index contributed by atoms with van der Waals surface area (Å²) in [6.45, 7) is 2.59. The second-order valence-electron chi connectivity index (χ2n) is 3.43. The molecule has 19 heavy (non-hydrogen) atoms. The van der Waals surface area contributed by atoms with E-state index in [4.69, 9.17) is 14.9 Å². The first-order chi connectivity index (χ1) is 8.77. The molecule has 1 aromatic carbocycles. The van der Waals surface area contributed by atoms with E-state index in [9.17, 15) is 14.4 Å². The first kappa shape index (κ1) is 16.4. The molecule has 0 radical (unpaired) electrons. The maximum atomic E-state index is 10.4. The lowest BCUT2D eigenvalue weighted by Gasteiger charge is -2.02. The van der Waals surface area contributed by atoms with Gasteiger partial charge >= 0.3 is 5.97 Å². The van der Waals surface area contributed by atoms with Gasteiger partial charge in [-0.25, -0.2) is 4.79 Å². The number of carbonyl (C=O) groups is 3. The lowest BCUT2D eigenvalue weighted by Crippen LogP contribution is -2.24. The summed E-state index contributed by atoms with van der Waals surface area (Å²) in [4.78, 5) is 30.3. The van der Waals surface area contributed by atoms with Crippen molar-refractivity contribution in [2.24, 2.45) is 0 Å². The Balaban J connectivity index is 0.000000399. The predicted molar refractivity (Wildman–Crippen MR) is 66.1 cm³/mol. The Hall–Kier alpha value is -2.57. The van der Waals surface area contributed by atoms with Gasteiger partial charge in [0.25, 0.3) is 0 Å². The zero-order chi connectivity index (χ0) is 15.0. The highest BCUT2D eigenvalue weighted by Gasteiger charge is 2.06. The number of nitrogens with one attached hydrogen (secondary N) is 1. The largest absolute Gasteiger partial charge is 0.504 e. The van der Waals surface area contributed by atoms with Crippen LogP contribution in [0.3, 0.4) is 0 Å². The number of carbonyl (C=O) groups excluding carboxylic acids is 2. The van der Waals surface area contributed by atoms with Gasteiger partial charge in [-0.3, -0.25) is 14.9 Å². The Morgan fingerprint density at radius 3 is 2.00 bits per heavy atom. The molecular formula is C12H15NO6. The minimum absolute atomic E-state index is 0.0671. The third-order valence-electron chi connectivity index (χ3n) is 1.78. The van der Waals surface area contributed by atoms with E-state index >= 15 is 0 Å². The van der Waals surface area contributed by atoms with Crippen molar-refractivity contribution in [3.63, 3.8) is 0 Å². The Labute approximate surface area is 109 Å². The van der Waals surface area contributed by atoms with Crippen molar-refractivity contribution in [3.8, 4) is 11.5 Å². The molecule has 7 nitrogen and oxygen atoms in total. The lowest BCUT2D eigenvalue weighted by atomic mass is 10.2. The zero-order valence-electron chi connectivity index (χ0n) is 10.8. The summed E-state index contributed by atoms with van der Waals surface area (Å²) in [7, 11) is 1.36. The Kier molecular flexibility index (Phi) is 6.66. The molecule has 0 unspecified atom stereocenters. The van der Waals surface area contributed by atoms with Crippen LogP contribution in [0.2, 0.25) is 0 Å². The van der Waals surface area contributed by atoms with Crippen LogP contribution < -0.4 is 10.1 Å². The topological polar surface area (TPSA) is 113 Å². The Bertz CT molecular complexity index is 471. The molecule has 3 N–H and O–H groups in total. The normalized spacial score (nSPS) is 8.79. The van der Waals surface area contributed by atoms with Crippen LogP contribution in [0.25, 0.3) is 0 Å². The van der Waals surface area contributed by atoms with Crippen molar-refractivity contribution >= 4 is 17.8 Å². The molecule has 7 heteroatoms. The highest BCUT2D eigenvalue weighted by molar-refractivity contribution is 5.92. The SMILES string of the molecule is CC(=O)NC(C)=O.COc1cc(C(=O)O)ccc1O. The van der Waals surface area contributed by atoms with Crippen LogP contribution in [-0.4, -0.2) is 35.1 Å². The molecule has 0 aromatic heterocycles. The zero-order valence-corrected chi connectivity index (χ0v) is 10.8. The van der Waals surface area contributed by atoms with Crippen LogP contribution in [0, 0.1) is 0 Å². The number of carboxylic acids is 1. The van der Waals surface area contributed by atoms with Gasteiger partial charge in [0.15, 0.2) is 11.5 Å². The average molecular weight is 269 g/mol. The fraction of sp³-hybridized carbons (Fsp3) is 0.250. The predicted octanol–water partition coefficient (Wildman–Crippen LogP) is 0.768. The van der Waals surface area contributed by atoms with Gasteiger partial charge in [0.05, 0.1) is 12.7 Å². The van der Waals surface area contributed by atoms with Gasteiger partial charge in [-0.2, -0.15) is 0 Å². The van der Waals surface area contributed by atoms with Gasteiger partial charge in [0, 0.05) is 13.8 Å². The molecule has 1 rings (SSSR count). The van der Waals surface area contributed by atoms with Crippen LogP contribution in [0.4, 0.5) is 0 Å². The summed E-state index contributed by atoms with van der Waals surface area (Å²) < 4.78 is 4.72. The van der Waals surface area contributed by atoms with Gasteiger partial charge in [-0.05, 0) is 18.2 Å². The van der Waals surface area contributed by atoms with Crippen molar-refractivity contribution < 1.29 is 29.3 Å². The summed E-state index contributed by atoms with van der Waals surface area (Å²) in [6, 6.07) is 3.85. The van der Waals surface area contributed by atoms with Crippen LogP contribution in [0.1, 0.15) is 24.2 Å². The molecule has 0 bridgehead atoms. The van der Waals surface area contributed by atoms with E-state index in [-0.39, 0.29) is 28.9 Å². The average Bonchev–Trinajstić information content (AvgIpc) is 2.28. The maximum Gasteiger partial charge on any atom is 0.335 e. The quantitative estimate of drug-likeness (QED) is 0.730. The summed E-state index contributed by atoms with van der Waals surface area (Å²) in [5.74, 6) is -1.58. The number of aromatic carboxylic acids is 1. The third-order valence-corrected chi connectivity index (χ3v) is 1.78. The van der Waals surface area contributed by atoms with Crippen LogP contribution in [0.15, 0.2) is 18.2 Å². The molecular weight excluding hydrogens is 254 g/mol. The van der Waals surface area contributed by atoms with E-state index in [1.807, 2.05) is 5.32 Å². The highest BCUT2D eigenvalue weighted by atomic mass is 16.5. The molecule has 0 spiro atoms. The summed E-state index contributed by atoms with van der Waals surface area (Å²) in [5.41, 5.74) is 0.0876. The number of phenolic OH excluding ortho intramolecular Hbond substituents is 1. The number of rotatable bonds is 2.